The second-order valence-corrected chi connectivity index (χ2v) is 6.96. The van der Waals surface area contributed by atoms with Crippen LogP contribution < -0.4 is 5.32 Å². The number of hydrogen-bond acceptors (Lipinski definition) is 3. The maximum Gasteiger partial charge on any atom is 0.154 e. The minimum atomic E-state index is 0.102. The van der Waals surface area contributed by atoms with Crippen LogP contribution in [-0.4, -0.2) is 21.3 Å². The molecule has 1 saturated carbocycles. The quantitative estimate of drug-likeness (QED) is 0.864. The van der Waals surface area contributed by atoms with Gasteiger partial charge in [-0.1, -0.05) is 42.5 Å². The molecule has 2 bridgehead atoms. The summed E-state index contributed by atoms with van der Waals surface area (Å²) in [5, 5.41) is 12.4. The fourth-order valence-corrected chi connectivity index (χ4v) is 4.08. The van der Waals surface area contributed by atoms with Gasteiger partial charge in [0, 0.05) is 7.05 Å². The van der Waals surface area contributed by atoms with Gasteiger partial charge in [0.15, 0.2) is 5.82 Å². The second kappa shape index (κ2) is 5.93. The van der Waals surface area contributed by atoms with Crippen molar-refractivity contribution in [2.45, 2.75) is 25.8 Å². The van der Waals surface area contributed by atoms with Crippen LogP contribution in [0, 0.1) is 24.7 Å². The maximum atomic E-state index is 4.42. The van der Waals surface area contributed by atoms with Crippen molar-refractivity contribution in [1.82, 2.24) is 20.1 Å². The van der Waals surface area contributed by atoms with Crippen molar-refractivity contribution >= 4 is 0 Å². The summed E-state index contributed by atoms with van der Waals surface area (Å²) >= 11 is 0. The molecule has 0 spiro atoms. The van der Waals surface area contributed by atoms with Gasteiger partial charge in [-0.15, -0.1) is 10.2 Å². The summed E-state index contributed by atoms with van der Waals surface area (Å²) in [6.07, 6.45) is 7.51. The summed E-state index contributed by atoms with van der Waals surface area (Å²) in [5.41, 5.74) is 1.25. The van der Waals surface area contributed by atoms with E-state index in [-0.39, 0.29) is 6.04 Å². The normalized spacial score (nSPS) is 26.8. The first-order valence-corrected chi connectivity index (χ1v) is 8.55. The van der Waals surface area contributed by atoms with Crippen LogP contribution in [0.5, 0.6) is 0 Å². The van der Waals surface area contributed by atoms with Crippen LogP contribution in [0.3, 0.4) is 0 Å². The number of aromatic nitrogens is 3. The van der Waals surface area contributed by atoms with Crippen molar-refractivity contribution < 1.29 is 0 Å². The SMILES string of the molecule is Cc1nnc([C@@H](NC[C@@H]2C[C@H]3C=C[C@H]2C3)c2ccccc2)n1C. The van der Waals surface area contributed by atoms with E-state index >= 15 is 0 Å². The molecule has 1 heterocycles. The summed E-state index contributed by atoms with van der Waals surface area (Å²) in [7, 11) is 2.04. The fourth-order valence-electron chi connectivity index (χ4n) is 4.08. The molecule has 4 atom stereocenters. The smallest absolute Gasteiger partial charge is 0.154 e. The lowest BCUT2D eigenvalue weighted by atomic mass is 9.93. The lowest BCUT2D eigenvalue weighted by molar-refractivity contribution is 0.393. The van der Waals surface area contributed by atoms with Gasteiger partial charge in [-0.2, -0.15) is 0 Å². The number of hydrogen-bond donors (Lipinski definition) is 1. The van der Waals surface area contributed by atoms with E-state index in [4.69, 9.17) is 0 Å². The summed E-state index contributed by atoms with van der Waals surface area (Å²) in [6.45, 7) is 3.04. The van der Waals surface area contributed by atoms with E-state index in [0.717, 1.165) is 35.9 Å². The van der Waals surface area contributed by atoms with Crippen LogP contribution in [0.15, 0.2) is 42.5 Å². The molecule has 1 fully saturated rings. The van der Waals surface area contributed by atoms with E-state index in [1.165, 1.54) is 18.4 Å². The first kappa shape index (κ1) is 14.6. The van der Waals surface area contributed by atoms with Crippen LogP contribution in [0.4, 0.5) is 0 Å². The van der Waals surface area contributed by atoms with E-state index < -0.39 is 0 Å². The molecule has 1 aromatic carbocycles. The van der Waals surface area contributed by atoms with Crippen LogP contribution in [0.2, 0.25) is 0 Å². The molecule has 0 aliphatic heterocycles. The molecule has 4 rings (SSSR count). The zero-order valence-corrected chi connectivity index (χ0v) is 13.8. The Morgan fingerprint density at radius 3 is 2.61 bits per heavy atom. The summed E-state index contributed by atoms with van der Waals surface area (Å²) in [5.74, 6) is 4.28. The molecule has 4 nitrogen and oxygen atoms in total. The summed E-state index contributed by atoms with van der Waals surface area (Å²) < 4.78 is 2.09. The van der Waals surface area contributed by atoms with Gasteiger partial charge in [0.1, 0.15) is 5.82 Å². The van der Waals surface area contributed by atoms with E-state index in [1.807, 2.05) is 14.0 Å². The van der Waals surface area contributed by atoms with E-state index in [1.54, 1.807) is 0 Å². The van der Waals surface area contributed by atoms with Gasteiger partial charge in [0.05, 0.1) is 6.04 Å². The van der Waals surface area contributed by atoms with E-state index in [0.29, 0.717) is 0 Å². The number of aryl methyl sites for hydroxylation is 1. The van der Waals surface area contributed by atoms with Crippen molar-refractivity contribution in [2.75, 3.05) is 6.54 Å². The average Bonchev–Trinajstić information content (AvgIpc) is 3.28. The van der Waals surface area contributed by atoms with Gasteiger partial charge < -0.3 is 9.88 Å². The zero-order chi connectivity index (χ0) is 15.8. The van der Waals surface area contributed by atoms with Crippen LogP contribution in [-0.2, 0) is 7.05 Å². The van der Waals surface area contributed by atoms with Crippen molar-refractivity contribution in [3.05, 3.63) is 59.7 Å². The highest BCUT2D eigenvalue weighted by molar-refractivity contribution is 5.25. The largest absolute Gasteiger partial charge is 0.317 e. The first-order valence-electron chi connectivity index (χ1n) is 8.55. The molecule has 2 aliphatic rings. The predicted molar refractivity (Wildman–Crippen MR) is 90.9 cm³/mol. The molecule has 2 aliphatic carbocycles. The minimum Gasteiger partial charge on any atom is -0.317 e. The molecular formula is C19H24N4. The van der Waals surface area contributed by atoms with E-state index in [9.17, 15) is 0 Å². The number of allylic oxidation sites excluding steroid dienone is 2. The lowest BCUT2D eigenvalue weighted by Crippen LogP contribution is -2.31. The molecule has 0 unspecified atom stereocenters. The molecule has 0 radical (unpaired) electrons. The molecule has 0 amide bonds. The van der Waals surface area contributed by atoms with Gasteiger partial charge in [0.2, 0.25) is 0 Å². The van der Waals surface area contributed by atoms with Crippen molar-refractivity contribution in [3.63, 3.8) is 0 Å². The van der Waals surface area contributed by atoms with Crippen molar-refractivity contribution in [3.8, 4) is 0 Å². The Balaban J connectivity index is 1.56. The Morgan fingerprint density at radius 1 is 1.17 bits per heavy atom. The first-order chi connectivity index (χ1) is 11.2. The lowest BCUT2D eigenvalue weighted by Gasteiger charge is -2.24. The van der Waals surface area contributed by atoms with Crippen LogP contribution in [0.1, 0.15) is 36.1 Å². The van der Waals surface area contributed by atoms with Crippen LogP contribution >= 0.6 is 0 Å². The standard InChI is InChI=1S/C19H24N4/c1-13-21-22-19(23(13)2)18(15-6-4-3-5-7-15)20-12-17-11-14-8-9-16(17)10-14/h3-9,14,16-18,20H,10-12H2,1-2H3/t14-,16-,17-,18-/m0/s1. The van der Waals surface area contributed by atoms with Gasteiger partial charge in [0.25, 0.3) is 0 Å². The van der Waals surface area contributed by atoms with E-state index in [2.05, 4.69) is 62.6 Å². The highest BCUT2D eigenvalue weighted by Crippen LogP contribution is 2.43. The Bertz CT molecular complexity index is 703. The number of benzene rings is 1. The third kappa shape index (κ3) is 2.72. The molecule has 23 heavy (non-hydrogen) atoms. The molecule has 0 saturated heterocycles. The molecule has 1 aromatic heterocycles. The predicted octanol–water partition coefficient (Wildman–Crippen LogP) is 3.01. The van der Waals surface area contributed by atoms with Crippen molar-refractivity contribution in [2.24, 2.45) is 24.8 Å². The zero-order valence-electron chi connectivity index (χ0n) is 13.8. The number of nitrogens with one attached hydrogen (secondary N) is 1. The Kier molecular flexibility index (Phi) is 3.77. The monoisotopic (exact) mass is 308 g/mol. The third-order valence-electron chi connectivity index (χ3n) is 5.52. The van der Waals surface area contributed by atoms with Gasteiger partial charge >= 0.3 is 0 Å². The minimum absolute atomic E-state index is 0.102. The molecule has 1 N–H and O–H groups in total. The Hall–Kier alpha value is -1.94. The highest BCUT2D eigenvalue weighted by atomic mass is 15.3. The average molecular weight is 308 g/mol. The van der Waals surface area contributed by atoms with Gasteiger partial charge in [-0.05, 0) is 49.6 Å². The topological polar surface area (TPSA) is 42.7 Å². The number of nitrogens with zero attached hydrogens (tertiary/aromatic N) is 3. The Labute approximate surface area is 137 Å². The molecule has 4 heteroatoms. The number of rotatable bonds is 5. The maximum absolute atomic E-state index is 4.42. The molecule has 120 valence electrons. The molecule has 2 aromatic rings. The second-order valence-electron chi connectivity index (χ2n) is 6.96. The van der Waals surface area contributed by atoms with Gasteiger partial charge in [-0.3, -0.25) is 0 Å². The Morgan fingerprint density at radius 2 is 2.00 bits per heavy atom. The highest BCUT2D eigenvalue weighted by Gasteiger charge is 2.35. The van der Waals surface area contributed by atoms with Crippen molar-refractivity contribution in [1.29, 1.82) is 0 Å². The molecular weight excluding hydrogens is 284 g/mol. The number of fused-ring (bicyclic) bond motifs is 2. The third-order valence-corrected chi connectivity index (χ3v) is 5.52. The summed E-state index contributed by atoms with van der Waals surface area (Å²) in [4.78, 5) is 0. The van der Waals surface area contributed by atoms with Crippen LogP contribution in [0.25, 0.3) is 0 Å². The van der Waals surface area contributed by atoms with Gasteiger partial charge in [-0.25, -0.2) is 0 Å². The fraction of sp³-hybridized carbons (Fsp3) is 0.474. The summed E-state index contributed by atoms with van der Waals surface area (Å²) in [6, 6.07) is 10.7.